The molecule has 0 aromatic heterocycles. The van der Waals surface area contributed by atoms with Gasteiger partial charge in [-0.3, -0.25) is 0 Å². The van der Waals surface area contributed by atoms with Crippen LogP contribution in [0.3, 0.4) is 0 Å². The molecule has 1 aromatic rings. The number of urea groups is 1. The van der Waals surface area contributed by atoms with Crippen molar-refractivity contribution in [1.82, 2.24) is 4.90 Å². The summed E-state index contributed by atoms with van der Waals surface area (Å²) in [5.41, 5.74) is 0.0301. The van der Waals surface area contributed by atoms with Crippen LogP contribution in [0, 0.1) is 5.82 Å². The third kappa shape index (κ3) is 3.89. The lowest BCUT2D eigenvalue weighted by Gasteiger charge is -2.18. The molecule has 1 rings (SSSR count). The fourth-order valence-corrected chi connectivity index (χ4v) is 1.53. The molecule has 0 bridgehead atoms. The first-order chi connectivity index (χ1) is 8.06. The summed E-state index contributed by atoms with van der Waals surface area (Å²) in [6.07, 6.45) is 1.91. The largest absolute Gasteiger partial charge is 0.328 e. The number of carbonyl (C=O) groups excluding carboxylic acids is 1. The van der Waals surface area contributed by atoms with Gasteiger partial charge in [0.05, 0.1) is 10.7 Å². The van der Waals surface area contributed by atoms with Gasteiger partial charge in [-0.15, -0.1) is 0 Å². The van der Waals surface area contributed by atoms with E-state index < -0.39 is 5.82 Å². The van der Waals surface area contributed by atoms with Gasteiger partial charge in [-0.25, -0.2) is 9.18 Å². The molecule has 1 N–H and O–H groups in total. The van der Waals surface area contributed by atoms with E-state index in [0.717, 1.165) is 12.8 Å². The number of anilines is 1. The molecule has 0 atom stereocenters. The molecule has 0 unspecified atom stereocenters. The van der Waals surface area contributed by atoms with Crippen LogP contribution < -0.4 is 5.32 Å². The maximum atomic E-state index is 13.4. The molecule has 0 aliphatic rings. The van der Waals surface area contributed by atoms with Crippen molar-refractivity contribution in [3.8, 4) is 0 Å². The predicted molar refractivity (Wildman–Crippen MR) is 68.0 cm³/mol. The fraction of sp³-hybridized carbons (Fsp3) is 0.417. The van der Waals surface area contributed by atoms with E-state index in [1.165, 1.54) is 23.1 Å². The molecule has 1 aromatic carbocycles. The number of nitrogens with one attached hydrogen (secondary N) is 1. The van der Waals surface area contributed by atoms with Gasteiger partial charge in [-0.05, 0) is 18.6 Å². The van der Waals surface area contributed by atoms with Crippen molar-refractivity contribution in [2.45, 2.75) is 19.8 Å². The summed E-state index contributed by atoms with van der Waals surface area (Å²) < 4.78 is 13.4. The maximum Gasteiger partial charge on any atom is 0.321 e. The van der Waals surface area contributed by atoms with Gasteiger partial charge >= 0.3 is 6.03 Å². The fourth-order valence-electron chi connectivity index (χ4n) is 1.32. The van der Waals surface area contributed by atoms with Gasteiger partial charge in [0.25, 0.3) is 0 Å². The van der Waals surface area contributed by atoms with Crippen LogP contribution in [0.15, 0.2) is 18.2 Å². The lowest BCUT2D eigenvalue weighted by atomic mass is 10.3. The van der Waals surface area contributed by atoms with E-state index in [4.69, 9.17) is 11.6 Å². The molecule has 0 fully saturated rings. The van der Waals surface area contributed by atoms with Crippen LogP contribution in [-0.2, 0) is 0 Å². The number of benzene rings is 1. The third-order valence-corrected chi connectivity index (χ3v) is 2.70. The molecule has 17 heavy (non-hydrogen) atoms. The first-order valence-electron chi connectivity index (χ1n) is 5.52. The van der Waals surface area contributed by atoms with Crippen molar-refractivity contribution in [2.24, 2.45) is 0 Å². The standard InChI is InChI=1S/C12H16ClFN2O/c1-3-4-8-16(2)12(17)15-11-9(13)6-5-7-10(11)14/h5-7H,3-4,8H2,1-2H3,(H,15,17). The van der Waals surface area contributed by atoms with E-state index in [1.54, 1.807) is 7.05 Å². The first-order valence-corrected chi connectivity index (χ1v) is 5.90. The topological polar surface area (TPSA) is 32.3 Å². The second-order valence-corrected chi connectivity index (χ2v) is 4.21. The number of rotatable bonds is 4. The molecule has 0 aliphatic carbocycles. The van der Waals surface area contributed by atoms with Crippen molar-refractivity contribution in [3.05, 3.63) is 29.0 Å². The smallest absolute Gasteiger partial charge is 0.321 e. The number of hydrogen-bond acceptors (Lipinski definition) is 1. The van der Waals surface area contributed by atoms with Crippen molar-refractivity contribution in [2.75, 3.05) is 18.9 Å². The molecule has 0 saturated carbocycles. The van der Waals surface area contributed by atoms with Gasteiger partial charge in [-0.2, -0.15) is 0 Å². The summed E-state index contributed by atoms with van der Waals surface area (Å²) >= 11 is 5.81. The molecular formula is C12H16ClFN2O. The van der Waals surface area contributed by atoms with Crippen LogP contribution in [0.25, 0.3) is 0 Å². The van der Waals surface area contributed by atoms with E-state index in [9.17, 15) is 9.18 Å². The van der Waals surface area contributed by atoms with E-state index in [0.29, 0.717) is 6.54 Å². The van der Waals surface area contributed by atoms with Crippen LogP contribution in [0.5, 0.6) is 0 Å². The van der Waals surface area contributed by atoms with Gasteiger partial charge in [0.2, 0.25) is 0 Å². The molecule has 0 spiro atoms. The molecular weight excluding hydrogens is 243 g/mol. The Labute approximate surface area is 106 Å². The molecule has 94 valence electrons. The minimum Gasteiger partial charge on any atom is -0.328 e. The minimum absolute atomic E-state index is 0.0301. The summed E-state index contributed by atoms with van der Waals surface area (Å²) in [7, 11) is 1.67. The Morgan fingerprint density at radius 2 is 2.24 bits per heavy atom. The Hall–Kier alpha value is -1.29. The minimum atomic E-state index is -0.533. The highest BCUT2D eigenvalue weighted by molar-refractivity contribution is 6.33. The van der Waals surface area contributed by atoms with E-state index >= 15 is 0 Å². The van der Waals surface area contributed by atoms with Crippen molar-refractivity contribution in [3.63, 3.8) is 0 Å². The lowest BCUT2D eigenvalue weighted by Crippen LogP contribution is -2.32. The van der Waals surface area contributed by atoms with Gasteiger partial charge in [0.1, 0.15) is 5.82 Å². The number of carbonyl (C=O) groups is 1. The molecule has 0 aliphatic heterocycles. The van der Waals surface area contributed by atoms with Crippen molar-refractivity contribution < 1.29 is 9.18 Å². The molecule has 3 nitrogen and oxygen atoms in total. The summed E-state index contributed by atoms with van der Waals surface area (Å²) in [5.74, 6) is -0.533. The Kier molecular flexibility index (Phi) is 5.22. The highest BCUT2D eigenvalue weighted by Gasteiger charge is 2.13. The van der Waals surface area contributed by atoms with E-state index in [-0.39, 0.29) is 16.7 Å². The number of amides is 2. The van der Waals surface area contributed by atoms with E-state index in [2.05, 4.69) is 5.32 Å². The number of para-hydroxylation sites is 1. The maximum absolute atomic E-state index is 13.4. The van der Waals surface area contributed by atoms with Crippen LogP contribution in [0.1, 0.15) is 19.8 Å². The van der Waals surface area contributed by atoms with Crippen LogP contribution in [0.4, 0.5) is 14.9 Å². The Bertz CT molecular complexity index is 378. The number of halogens is 2. The number of nitrogens with zero attached hydrogens (tertiary/aromatic N) is 1. The van der Waals surface area contributed by atoms with Crippen molar-refractivity contribution in [1.29, 1.82) is 0 Å². The Morgan fingerprint density at radius 3 is 2.82 bits per heavy atom. The first kappa shape index (κ1) is 13.8. The average molecular weight is 259 g/mol. The lowest BCUT2D eigenvalue weighted by molar-refractivity contribution is 0.221. The number of hydrogen-bond donors (Lipinski definition) is 1. The highest BCUT2D eigenvalue weighted by Crippen LogP contribution is 2.24. The van der Waals surface area contributed by atoms with Gasteiger partial charge in [0, 0.05) is 13.6 Å². The van der Waals surface area contributed by atoms with Crippen LogP contribution in [-0.4, -0.2) is 24.5 Å². The zero-order chi connectivity index (χ0) is 12.8. The Morgan fingerprint density at radius 1 is 1.53 bits per heavy atom. The molecule has 0 radical (unpaired) electrons. The monoisotopic (exact) mass is 258 g/mol. The predicted octanol–water partition coefficient (Wildman–Crippen LogP) is 3.74. The second-order valence-electron chi connectivity index (χ2n) is 3.80. The molecule has 0 heterocycles. The molecule has 0 saturated heterocycles. The SMILES string of the molecule is CCCCN(C)C(=O)Nc1c(F)cccc1Cl. The van der Waals surface area contributed by atoms with Gasteiger partial charge < -0.3 is 10.2 Å². The number of unbranched alkanes of at least 4 members (excludes halogenated alkanes) is 1. The average Bonchev–Trinajstić information content (AvgIpc) is 2.30. The summed E-state index contributed by atoms with van der Waals surface area (Å²) in [5, 5.41) is 2.66. The summed E-state index contributed by atoms with van der Waals surface area (Å²) in [6, 6.07) is 3.93. The summed E-state index contributed by atoms with van der Waals surface area (Å²) in [4.78, 5) is 13.2. The zero-order valence-corrected chi connectivity index (χ0v) is 10.7. The zero-order valence-electron chi connectivity index (χ0n) is 9.96. The quantitative estimate of drug-likeness (QED) is 0.877. The van der Waals surface area contributed by atoms with Gasteiger partial charge in [-0.1, -0.05) is 31.0 Å². The van der Waals surface area contributed by atoms with Crippen LogP contribution in [0.2, 0.25) is 5.02 Å². The normalized spacial score (nSPS) is 10.1. The van der Waals surface area contributed by atoms with E-state index in [1.807, 2.05) is 6.92 Å². The second kappa shape index (κ2) is 6.45. The summed E-state index contributed by atoms with van der Waals surface area (Å²) in [6.45, 7) is 2.67. The highest BCUT2D eigenvalue weighted by atomic mass is 35.5. The molecule has 2 amide bonds. The van der Waals surface area contributed by atoms with Crippen molar-refractivity contribution >= 4 is 23.3 Å². The molecule has 5 heteroatoms. The van der Waals surface area contributed by atoms with Crippen LogP contribution >= 0.6 is 11.6 Å². The van der Waals surface area contributed by atoms with Gasteiger partial charge in [0.15, 0.2) is 0 Å². The third-order valence-electron chi connectivity index (χ3n) is 2.39. The Balaban J connectivity index is 2.68.